The van der Waals surface area contributed by atoms with E-state index in [9.17, 15) is 40.5 Å². The molecular weight excluding hydrogens is 2160 g/mol. The number of hydrogen-bond donors (Lipinski definition) is 3. The van der Waals surface area contributed by atoms with Crippen molar-refractivity contribution in [3.63, 3.8) is 0 Å². The van der Waals surface area contributed by atoms with Crippen LogP contribution < -0.4 is 10.9 Å². The van der Waals surface area contributed by atoms with Crippen molar-refractivity contribution in [2.45, 2.75) is 117 Å². The number of nitro groups is 4. The van der Waals surface area contributed by atoms with Crippen LogP contribution in [-0.4, -0.2) is 96.6 Å². The minimum absolute atomic E-state index is 0.0241. The first-order valence-electron chi connectivity index (χ1n) is 40.3. The summed E-state index contributed by atoms with van der Waals surface area (Å²) in [4.78, 5) is 45.3. The Labute approximate surface area is 829 Å². The Hall–Kier alpha value is -8.74. The van der Waals surface area contributed by atoms with Gasteiger partial charge in [-0.05, 0) is 284 Å². The zero-order valence-electron chi connectivity index (χ0n) is 72.6. The van der Waals surface area contributed by atoms with Gasteiger partial charge in [0.05, 0.1) is 84.9 Å². The average molecular weight is 2250 g/mol. The van der Waals surface area contributed by atoms with E-state index in [-0.39, 0.29) is 50.1 Å². The summed E-state index contributed by atoms with van der Waals surface area (Å²) in [5.41, 5.74) is 7.84. The maximum Gasteiger partial charge on any atom is 0.501 e. The van der Waals surface area contributed by atoms with E-state index in [2.05, 4.69) is 159 Å². The van der Waals surface area contributed by atoms with Crippen molar-refractivity contribution in [2.75, 3.05) is 0 Å². The predicted octanol–water partition coefficient (Wildman–Crippen LogP) is 27.8. The van der Waals surface area contributed by atoms with Crippen molar-refractivity contribution in [3.05, 3.63) is 390 Å². The largest absolute Gasteiger partial charge is 0.501 e. The molecule has 13 aromatic carbocycles. The molecule has 3 aliphatic heterocycles. The van der Waals surface area contributed by atoms with E-state index in [0.717, 1.165) is 50.3 Å². The summed E-state index contributed by atoms with van der Waals surface area (Å²) in [6.45, 7) is 23.9. The highest BCUT2D eigenvalue weighted by atomic mass is 127. The molecule has 0 bridgehead atoms. The van der Waals surface area contributed by atoms with E-state index in [1.807, 2.05) is 180 Å². The average Bonchev–Trinajstić information content (AvgIpc) is 1.53. The van der Waals surface area contributed by atoms with Crippen LogP contribution in [0.25, 0.3) is 66.3 Å². The number of nitrogens with zero attached hydrogens (tertiary/aromatic N) is 4. The molecule has 21 nitrogen and oxygen atoms in total. The molecule has 1 aromatic heterocycles. The van der Waals surface area contributed by atoms with Crippen LogP contribution in [0, 0.1) is 47.6 Å². The lowest BCUT2D eigenvalue weighted by Crippen LogP contribution is -2.41. The molecule has 670 valence electrons. The molecule has 17 rings (SSSR count). The van der Waals surface area contributed by atoms with Gasteiger partial charge in [-0.15, -0.1) is 0 Å². The van der Waals surface area contributed by atoms with Crippen LogP contribution in [0.3, 0.4) is 0 Å². The summed E-state index contributed by atoms with van der Waals surface area (Å²) in [7, 11) is -2.99. The number of aromatic nitrogens is 1. The topological polar surface area (TPSA) is 284 Å². The van der Waals surface area contributed by atoms with Crippen LogP contribution in [-0.2, 0) is 27.9 Å². The minimum atomic E-state index is -1.34. The summed E-state index contributed by atoms with van der Waals surface area (Å²) in [6, 6.07) is 94.0. The standard InChI is InChI=1S/C18H12ClNO2.C18H12ClN.C12H24B2O4.C12H16BNO4.C12H7BrClNO2.C6H7BO2.C6H3BrClI.C6H4BrNO2.C6H5I/c19-14-10-11-15(13-6-2-1-3-7-13)17(12-14)16-8-4-5-9-18(16)20(21)22;19-15-11-10-13(12-6-2-1-3-7-12)17-14-8-4-5-9-16(14)20-18(15)17;1-9(2)10(3,4)16-13(15-9)14-17-11(5,6)12(7,8)18-14;1-11(2)12(3,4)18-13(17-11)9-7-5-6-8-10(9)14(15)16;13-11-6-5-8(14)7-10(11)9-3-1-2-4-12(9)15(16)17;8-7(9)6-4-2-1-3-5-6;7-5-2-1-4(8)3-6(5)9;7-5-3-1-2-4-6(5)8(9)10;7-6-4-2-1-3-5-6/h1-12H;1-11,20H;1-8H3;5-8H,1-4H3;1-7H;1-5,8-9H;1-3H;1-4H;1-5H. The molecule has 0 spiro atoms. The van der Waals surface area contributed by atoms with Gasteiger partial charge < -0.3 is 43.0 Å². The highest BCUT2D eigenvalue weighted by Crippen LogP contribution is 2.46. The Morgan fingerprint density at radius 2 is 0.715 bits per heavy atom. The summed E-state index contributed by atoms with van der Waals surface area (Å²) in [5.74, 6) is 0. The Balaban J connectivity index is 0.000000168. The molecule has 34 heteroatoms. The first kappa shape index (κ1) is 105. The lowest BCUT2D eigenvalue weighted by Gasteiger charge is -2.32. The Kier molecular flexibility index (Phi) is 38.2. The van der Waals surface area contributed by atoms with Gasteiger partial charge in [0, 0.05) is 77.3 Å². The molecule has 0 atom stereocenters. The number of nitro benzene ring substituents is 4. The van der Waals surface area contributed by atoms with Crippen molar-refractivity contribution in [1.29, 1.82) is 0 Å². The highest BCUT2D eigenvalue weighted by Gasteiger charge is 2.64. The Morgan fingerprint density at radius 3 is 1.15 bits per heavy atom. The number of H-pyrrole nitrogens is 1. The fourth-order valence-corrected chi connectivity index (χ4v) is 15.7. The van der Waals surface area contributed by atoms with E-state index in [0.29, 0.717) is 42.1 Å². The third-order valence-electron chi connectivity index (χ3n) is 21.6. The number of benzene rings is 13. The number of fused-ring (bicyclic) bond motifs is 3. The highest BCUT2D eigenvalue weighted by molar-refractivity contribution is 14.1. The van der Waals surface area contributed by atoms with Crippen molar-refractivity contribution < 1.29 is 57.7 Å². The van der Waals surface area contributed by atoms with Gasteiger partial charge in [0.1, 0.15) is 0 Å². The lowest BCUT2D eigenvalue weighted by atomic mass is 9.49. The molecule has 0 radical (unpaired) electrons. The third kappa shape index (κ3) is 28.2. The van der Waals surface area contributed by atoms with Crippen LogP contribution in [0.2, 0.25) is 20.1 Å². The van der Waals surface area contributed by atoms with Crippen LogP contribution in [0.1, 0.15) is 83.1 Å². The van der Waals surface area contributed by atoms with E-state index >= 15 is 0 Å². The first-order valence-corrected chi connectivity index (χ1v) is 46.3. The quantitative estimate of drug-likeness (QED) is 0.0357. The van der Waals surface area contributed by atoms with E-state index < -0.39 is 54.2 Å². The molecular formula is C96H90B4Br3Cl4I2N5O16. The fourth-order valence-electron chi connectivity index (χ4n) is 12.7. The second-order valence-electron chi connectivity index (χ2n) is 32.1. The summed E-state index contributed by atoms with van der Waals surface area (Å²) < 4.78 is 40.3. The number of hydrogen-bond acceptors (Lipinski definition) is 16. The van der Waals surface area contributed by atoms with Gasteiger partial charge in [-0.2, -0.15) is 0 Å². The lowest BCUT2D eigenvalue weighted by molar-refractivity contribution is -0.385. The molecule has 130 heavy (non-hydrogen) atoms. The van der Waals surface area contributed by atoms with Crippen LogP contribution in [0.15, 0.2) is 323 Å². The molecule has 0 amide bonds. The van der Waals surface area contributed by atoms with Crippen molar-refractivity contribution in [3.8, 4) is 44.5 Å². The second kappa shape index (κ2) is 47.3. The first-order chi connectivity index (χ1) is 61.3. The summed E-state index contributed by atoms with van der Waals surface area (Å²) >= 11 is 38.4. The van der Waals surface area contributed by atoms with Crippen LogP contribution in [0.4, 0.5) is 22.7 Å². The number of para-hydroxylation sites is 5. The number of nitrogens with one attached hydrogen (secondary N) is 1. The van der Waals surface area contributed by atoms with Crippen LogP contribution in [0.5, 0.6) is 0 Å². The monoisotopic (exact) mass is 2240 g/mol. The third-order valence-corrected chi connectivity index (χ3v) is 27.1. The Morgan fingerprint density at radius 1 is 0.354 bits per heavy atom. The van der Waals surface area contributed by atoms with Gasteiger partial charge in [0.25, 0.3) is 22.7 Å². The SMILES string of the molecule is CC1(C)OB(B2OC(C)(C)C(C)(C)O2)OC1(C)C.CC1(C)OB(c2ccccc2[N+](=O)[O-])OC1(C)C.Clc1ccc(-c2ccccc2)c2c1[nH]c1ccccc12.Clc1ccc(Br)c(I)c1.Ic1ccccc1.O=[N+]([O-])c1ccccc1-c1cc(Cl)ccc1-c1ccccc1.O=[N+]([O-])c1ccccc1-c1cc(Cl)ccc1Br.O=[N+]([O-])c1ccccc1Br.OB(O)c1ccccc1. The predicted molar refractivity (Wildman–Crippen MR) is 556 cm³/mol. The van der Waals surface area contributed by atoms with Crippen molar-refractivity contribution >= 4 is 223 Å². The van der Waals surface area contributed by atoms with E-state index in [1.54, 1.807) is 127 Å². The molecule has 0 saturated carbocycles. The van der Waals surface area contributed by atoms with Gasteiger partial charge >= 0.3 is 28.3 Å². The molecule has 0 unspecified atom stereocenters. The zero-order valence-corrected chi connectivity index (χ0v) is 84.7. The zero-order chi connectivity index (χ0) is 95.2. The number of halogens is 9. The molecule has 3 N–H and O–H groups in total. The maximum atomic E-state index is 11.3. The number of aromatic amines is 1. The summed E-state index contributed by atoms with van der Waals surface area (Å²) in [5, 5.41) is 65.6. The van der Waals surface area contributed by atoms with E-state index in [1.165, 1.54) is 49.7 Å². The molecule has 3 aliphatic rings. The normalized spacial score (nSPS) is 14.7. The maximum absolute atomic E-state index is 11.3. The molecule has 3 saturated heterocycles. The van der Waals surface area contributed by atoms with Gasteiger partial charge in [-0.3, -0.25) is 40.5 Å². The molecule has 3 fully saturated rings. The van der Waals surface area contributed by atoms with Crippen LogP contribution >= 0.6 is 139 Å². The minimum Gasteiger partial charge on any atom is -0.423 e. The molecule has 4 heterocycles. The van der Waals surface area contributed by atoms with Gasteiger partial charge in [-0.1, -0.05) is 256 Å². The van der Waals surface area contributed by atoms with Gasteiger partial charge in [0.2, 0.25) is 0 Å². The van der Waals surface area contributed by atoms with E-state index in [4.69, 9.17) is 84.4 Å². The second-order valence-corrected chi connectivity index (χ2v) is 38.8. The molecule has 14 aromatic rings. The Bertz CT molecular complexity index is 6150. The smallest absolute Gasteiger partial charge is 0.423 e. The van der Waals surface area contributed by atoms with Gasteiger partial charge in [0.15, 0.2) is 0 Å². The van der Waals surface area contributed by atoms with Gasteiger partial charge in [-0.25, -0.2) is 0 Å². The van der Waals surface area contributed by atoms with Crippen molar-refractivity contribution in [2.24, 2.45) is 0 Å². The summed E-state index contributed by atoms with van der Waals surface area (Å²) in [6.07, 6.45) is 0. The molecule has 0 aliphatic carbocycles. The van der Waals surface area contributed by atoms with Crippen molar-refractivity contribution in [1.82, 2.24) is 4.98 Å². The number of rotatable bonds is 11. The fraction of sp³-hybridized carbons (Fsp3) is 0.188.